The quantitative estimate of drug-likeness (QED) is 0.580. The third-order valence-corrected chi connectivity index (χ3v) is 2.46. The Balaban J connectivity index is 2.50. The van der Waals surface area contributed by atoms with Crippen LogP contribution in [0.3, 0.4) is 0 Å². The molecule has 1 N–H and O–H groups in total. The van der Waals surface area contributed by atoms with Crippen molar-refractivity contribution in [2.45, 2.75) is 26.3 Å². The minimum Gasteiger partial charge on any atom is -0.481 e. The molecule has 0 saturated heterocycles. The largest absolute Gasteiger partial charge is 0.481 e. The molecule has 0 aliphatic carbocycles. The first-order chi connectivity index (χ1) is 7.70. The van der Waals surface area contributed by atoms with E-state index in [-0.39, 0.29) is 0 Å². The summed E-state index contributed by atoms with van der Waals surface area (Å²) >= 11 is 0. The molecule has 0 radical (unpaired) electrons. The van der Waals surface area contributed by atoms with Crippen LogP contribution in [-0.2, 0) is 13.6 Å². The van der Waals surface area contributed by atoms with Gasteiger partial charge in [0.05, 0.1) is 18.4 Å². The van der Waals surface area contributed by atoms with Crippen LogP contribution in [0.4, 0.5) is 0 Å². The molecule has 0 aromatic carbocycles. The Bertz CT molecular complexity index is 376. The molecule has 16 heavy (non-hydrogen) atoms. The van der Waals surface area contributed by atoms with E-state index in [0.717, 1.165) is 43.1 Å². The van der Waals surface area contributed by atoms with Gasteiger partial charge in [-0.25, -0.2) is 4.68 Å². The van der Waals surface area contributed by atoms with Gasteiger partial charge in [-0.2, -0.15) is 5.10 Å². The Labute approximate surface area is 97.0 Å². The van der Waals surface area contributed by atoms with Crippen LogP contribution in [0.2, 0.25) is 0 Å². The molecule has 0 atom stereocenters. The number of hydrogen-bond acceptors (Lipinski definition) is 3. The van der Waals surface area contributed by atoms with Gasteiger partial charge in [-0.1, -0.05) is 0 Å². The van der Waals surface area contributed by atoms with Crippen molar-refractivity contribution < 1.29 is 4.74 Å². The number of ether oxygens (including phenoxy) is 1. The first kappa shape index (κ1) is 12.6. The van der Waals surface area contributed by atoms with E-state index in [1.54, 1.807) is 11.8 Å². The standard InChI is InChI=1S/C12H19N3O/c1-5-6-7-8-13-9-11-10(2)14-15(3)12(11)16-4/h1,13H,6-9H2,2-4H3. The molecule has 0 saturated carbocycles. The van der Waals surface area contributed by atoms with Crippen molar-refractivity contribution >= 4 is 0 Å². The molecule has 0 aliphatic heterocycles. The van der Waals surface area contributed by atoms with Crippen LogP contribution < -0.4 is 10.1 Å². The number of hydrogen-bond donors (Lipinski definition) is 1. The van der Waals surface area contributed by atoms with Crippen LogP contribution >= 0.6 is 0 Å². The Kier molecular flexibility index (Phi) is 4.87. The third-order valence-electron chi connectivity index (χ3n) is 2.46. The average molecular weight is 221 g/mol. The fourth-order valence-electron chi connectivity index (χ4n) is 1.67. The van der Waals surface area contributed by atoms with Gasteiger partial charge >= 0.3 is 0 Å². The van der Waals surface area contributed by atoms with E-state index >= 15 is 0 Å². The number of aromatic nitrogens is 2. The van der Waals surface area contributed by atoms with Crippen molar-refractivity contribution in [1.82, 2.24) is 15.1 Å². The summed E-state index contributed by atoms with van der Waals surface area (Å²) in [7, 11) is 3.55. The zero-order valence-electron chi connectivity index (χ0n) is 10.2. The summed E-state index contributed by atoms with van der Waals surface area (Å²) in [6.45, 7) is 3.68. The minimum atomic E-state index is 0.771. The molecule has 0 spiro atoms. The fraction of sp³-hybridized carbons (Fsp3) is 0.583. The second kappa shape index (κ2) is 6.19. The van der Waals surface area contributed by atoms with Crippen molar-refractivity contribution in [2.75, 3.05) is 13.7 Å². The van der Waals surface area contributed by atoms with Gasteiger partial charge in [-0.3, -0.25) is 0 Å². The number of nitrogens with zero attached hydrogens (tertiary/aromatic N) is 2. The Morgan fingerprint density at radius 3 is 2.94 bits per heavy atom. The van der Waals surface area contributed by atoms with Crippen LogP contribution in [-0.4, -0.2) is 23.4 Å². The number of unbranched alkanes of at least 4 members (excludes halogenated alkanes) is 1. The summed E-state index contributed by atoms with van der Waals surface area (Å²) in [6, 6.07) is 0. The van der Waals surface area contributed by atoms with E-state index in [1.165, 1.54) is 0 Å². The van der Waals surface area contributed by atoms with Gasteiger partial charge in [0.15, 0.2) is 0 Å². The molecule has 1 aromatic rings. The summed E-state index contributed by atoms with van der Waals surface area (Å²) < 4.78 is 7.06. The van der Waals surface area contributed by atoms with E-state index in [1.807, 2.05) is 14.0 Å². The van der Waals surface area contributed by atoms with Crippen molar-refractivity contribution in [3.63, 3.8) is 0 Å². The lowest BCUT2D eigenvalue weighted by Gasteiger charge is -2.06. The predicted octanol–water partition coefficient (Wildman–Crippen LogP) is 1.24. The molecule has 1 heterocycles. The highest BCUT2D eigenvalue weighted by atomic mass is 16.5. The third kappa shape index (κ3) is 3.01. The molecule has 1 aromatic heterocycles. The average Bonchev–Trinajstić information content (AvgIpc) is 2.53. The minimum absolute atomic E-state index is 0.771. The topological polar surface area (TPSA) is 39.1 Å². The highest BCUT2D eigenvalue weighted by Crippen LogP contribution is 2.20. The molecular weight excluding hydrogens is 202 g/mol. The molecule has 0 bridgehead atoms. The van der Waals surface area contributed by atoms with E-state index in [0.29, 0.717) is 0 Å². The highest BCUT2D eigenvalue weighted by molar-refractivity contribution is 5.30. The Morgan fingerprint density at radius 1 is 1.56 bits per heavy atom. The first-order valence-corrected chi connectivity index (χ1v) is 5.41. The van der Waals surface area contributed by atoms with Crippen molar-refractivity contribution in [3.8, 4) is 18.2 Å². The molecule has 0 unspecified atom stereocenters. The van der Waals surface area contributed by atoms with Crippen molar-refractivity contribution in [2.24, 2.45) is 7.05 Å². The predicted molar refractivity (Wildman–Crippen MR) is 64.3 cm³/mol. The number of aryl methyl sites for hydroxylation is 2. The van der Waals surface area contributed by atoms with Crippen molar-refractivity contribution in [3.05, 3.63) is 11.3 Å². The zero-order chi connectivity index (χ0) is 12.0. The van der Waals surface area contributed by atoms with Crippen molar-refractivity contribution in [1.29, 1.82) is 0 Å². The lowest BCUT2D eigenvalue weighted by Crippen LogP contribution is -2.15. The maximum atomic E-state index is 5.30. The van der Waals surface area contributed by atoms with Crippen LogP contribution in [0.5, 0.6) is 5.88 Å². The first-order valence-electron chi connectivity index (χ1n) is 5.41. The zero-order valence-corrected chi connectivity index (χ0v) is 10.2. The molecule has 0 fully saturated rings. The molecule has 4 nitrogen and oxygen atoms in total. The van der Waals surface area contributed by atoms with Crippen LogP contribution in [0.1, 0.15) is 24.1 Å². The number of rotatable bonds is 6. The number of methoxy groups -OCH3 is 1. The van der Waals surface area contributed by atoms with Gasteiger partial charge in [0.1, 0.15) is 0 Å². The fourth-order valence-corrected chi connectivity index (χ4v) is 1.67. The van der Waals surface area contributed by atoms with E-state index < -0.39 is 0 Å². The van der Waals surface area contributed by atoms with Gasteiger partial charge in [0, 0.05) is 20.0 Å². The Morgan fingerprint density at radius 2 is 2.31 bits per heavy atom. The van der Waals surface area contributed by atoms with E-state index in [4.69, 9.17) is 11.2 Å². The molecule has 0 amide bonds. The molecule has 4 heteroatoms. The van der Waals surface area contributed by atoms with Gasteiger partial charge in [0.25, 0.3) is 0 Å². The summed E-state index contributed by atoms with van der Waals surface area (Å²) in [5, 5.41) is 7.65. The maximum absolute atomic E-state index is 5.30. The lowest BCUT2D eigenvalue weighted by atomic mass is 10.2. The molecule has 88 valence electrons. The lowest BCUT2D eigenvalue weighted by molar-refractivity contribution is 0.368. The molecular formula is C12H19N3O. The van der Waals surface area contributed by atoms with Crippen LogP contribution in [0, 0.1) is 19.3 Å². The normalized spacial score (nSPS) is 10.1. The molecule has 0 aliphatic rings. The van der Waals surface area contributed by atoms with Gasteiger partial charge < -0.3 is 10.1 Å². The SMILES string of the molecule is C#CCCCNCc1c(C)nn(C)c1OC. The summed E-state index contributed by atoms with van der Waals surface area (Å²) in [4.78, 5) is 0. The van der Waals surface area contributed by atoms with E-state index in [9.17, 15) is 0 Å². The van der Waals surface area contributed by atoms with Gasteiger partial charge in [0.2, 0.25) is 5.88 Å². The summed E-state index contributed by atoms with van der Waals surface area (Å²) in [6.07, 6.45) is 7.00. The summed E-state index contributed by atoms with van der Waals surface area (Å²) in [5.41, 5.74) is 2.12. The van der Waals surface area contributed by atoms with Crippen LogP contribution in [0.15, 0.2) is 0 Å². The number of nitrogens with one attached hydrogen (secondary N) is 1. The second-order valence-electron chi connectivity index (χ2n) is 3.68. The smallest absolute Gasteiger partial charge is 0.216 e. The highest BCUT2D eigenvalue weighted by Gasteiger charge is 2.12. The monoisotopic (exact) mass is 221 g/mol. The van der Waals surface area contributed by atoms with Gasteiger partial charge in [-0.15, -0.1) is 12.3 Å². The maximum Gasteiger partial charge on any atom is 0.216 e. The van der Waals surface area contributed by atoms with Gasteiger partial charge in [-0.05, 0) is 19.9 Å². The van der Waals surface area contributed by atoms with E-state index in [2.05, 4.69) is 16.3 Å². The molecule has 1 rings (SSSR count). The second-order valence-corrected chi connectivity index (χ2v) is 3.68. The Hall–Kier alpha value is -1.47. The number of terminal acetylenes is 1. The van der Waals surface area contributed by atoms with Crippen LogP contribution in [0.25, 0.3) is 0 Å². The summed E-state index contributed by atoms with van der Waals surface area (Å²) in [5.74, 6) is 3.44.